The maximum atomic E-state index is 12.1. The lowest BCUT2D eigenvalue weighted by molar-refractivity contribution is -0.151. The van der Waals surface area contributed by atoms with E-state index in [2.05, 4.69) is 0 Å². The summed E-state index contributed by atoms with van der Waals surface area (Å²) in [7, 11) is 1.64. The Morgan fingerprint density at radius 3 is 2.58 bits per heavy atom. The summed E-state index contributed by atoms with van der Waals surface area (Å²) in [4.78, 5) is 26.6. The summed E-state index contributed by atoms with van der Waals surface area (Å²) >= 11 is 0. The van der Waals surface area contributed by atoms with E-state index in [1.165, 1.54) is 4.90 Å². The Morgan fingerprint density at radius 1 is 1.42 bits per heavy atom. The molecule has 1 heterocycles. The number of carbonyl (C=O) groups excluding carboxylic acids is 1. The highest BCUT2D eigenvalue weighted by Gasteiger charge is 2.40. The van der Waals surface area contributed by atoms with Crippen molar-refractivity contribution in [1.82, 2.24) is 9.80 Å². The van der Waals surface area contributed by atoms with E-state index in [-0.39, 0.29) is 18.6 Å². The normalized spacial score (nSPS) is 20.2. The third-order valence-corrected chi connectivity index (χ3v) is 4.03. The summed E-state index contributed by atoms with van der Waals surface area (Å²) < 4.78 is 0. The molecule has 0 bridgehead atoms. The molecule has 6 nitrogen and oxygen atoms in total. The summed E-state index contributed by atoms with van der Waals surface area (Å²) in [6.07, 6.45) is 1.65. The van der Waals surface area contributed by atoms with Gasteiger partial charge >= 0.3 is 12.0 Å². The highest BCUT2D eigenvalue weighted by Crippen LogP contribution is 2.34. The van der Waals surface area contributed by atoms with Crippen molar-refractivity contribution in [2.45, 2.75) is 26.7 Å². The Balaban J connectivity index is 2.69. The summed E-state index contributed by atoms with van der Waals surface area (Å²) in [5, 5.41) is 18.1. The first-order valence-electron chi connectivity index (χ1n) is 6.65. The van der Waals surface area contributed by atoms with Gasteiger partial charge in [-0.05, 0) is 32.6 Å². The summed E-state index contributed by atoms with van der Waals surface area (Å²) in [6, 6.07) is -0.139. The van der Waals surface area contributed by atoms with Gasteiger partial charge < -0.3 is 20.0 Å². The zero-order valence-corrected chi connectivity index (χ0v) is 11.9. The van der Waals surface area contributed by atoms with Gasteiger partial charge in [0.05, 0.1) is 12.0 Å². The van der Waals surface area contributed by atoms with Gasteiger partial charge in [0.15, 0.2) is 0 Å². The van der Waals surface area contributed by atoms with E-state index in [1.807, 2.05) is 0 Å². The van der Waals surface area contributed by atoms with Crippen LogP contribution in [0, 0.1) is 11.3 Å². The number of likely N-dealkylation sites (N-methyl/N-ethyl adjacent to an activating group) is 1. The molecular formula is C13H24N2O4. The second-order valence-electron chi connectivity index (χ2n) is 5.74. The van der Waals surface area contributed by atoms with Crippen LogP contribution in [0.1, 0.15) is 26.7 Å². The minimum Gasteiger partial charge on any atom is -0.481 e. The molecule has 1 unspecified atom stereocenters. The lowest BCUT2D eigenvalue weighted by Gasteiger charge is -2.40. The number of carboxylic acids is 1. The number of aliphatic hydroxyl groups excluding tert-OH is 1. The fourth-order valence-electron chi connectivity index (χ4n) is 2.40. The van der Waals surface area contributed by atoms with Gasteiger partial charge in [0, 0.05) is 26.7 Å². The first-order chi connectivity index (χ1) is 8.80. The zero-order chi connectivity index (χ0) is 14.6. The Labute approximate surface area is 114 Å². The second-order valence-corrected chi connectivity index (χ2v) is 5.74. The van der Waals surface area contributed by atoms with E-state index in [4.69, 9.17) is 5.11 Å². The first kappa shape index (κ1) is 15.8. The quantitative estimate of drug-likeness (QED) is 0.795. The second kappa shape index (κ2) is 6.23. The number of carboxylic acid groups (broad SMARTS) is 1. The number of amides is 2. The van der Waals surface area contributed by atoms with Crippen molar-refractivity contribution < 1.29 is 19.8 Å². The van der Waals surface area contributed by atoms with Crippen LogP contribution in [0.3, 0.4) is 0 Å². The molecule has 1 aliphatic heterocycles. The molecule has 110 valence electrons. The Hall–Kier alpha value is -1.30. The number of piperidine rings is 1. The highest BCUT2D eigenvalue weighted by molar-refractivity contribution is 5.76. The molecule has 6 heteroatoms. The van der Waals surface area contributed by atoms with Gasteiger partial charge in [-0.25, -0.2) is 4.79 Å². The maximum Gasteiger partial charge on any atom is 0.319 e. The Morgan fingerprint density at radius 2 is 2.05 bits per heavy atom. The van der Waals surface area contributed by atoms with Gasteiger partial charge in [0.25, 0.3) is 0 Å². The maximum absolute atomic E-state index is 12.1. The molecule has 2 N–H and O–H groups in total. The lowest BCUT2D eigenvalue weighted by Crippen LogP contribution is -2.50. The predicted octanol–water partition coefficient (Wildman–Crippen LogP) is 0.853. The molecule has 19 heavy (non-hydrogen) atoms. The number of nitrogens with zero attached hydrogens (tertiary/aromatic N) is 2. The van der Waals surface area contributed by atoms with Gasteiger partial charge in [-0.3, -0.25) is 4.79 Å². The van der Waals surface area contributed by atoms with Crippen LogP contribution >= 0.6 is 0 Å². The van der Waals surface area contributed by atoms with Crippen molar-refractivity contribution in [3.05, 3.63) is 0 Å². The first-order valence-corrected chi connectivity index (χ1v) is 6.65. The molecule has 0 saturated carbocycles. The predicted molar refractivity (Wildman–Crippen MR) is 70.8 cm³/mol. The number of hydrogen-bond donors (Lipinski definition) is 2. The third kappa shape index (κ3) is 3.59. The van der Waals surface area contributed by atoms with Crippen LogP contribution in [-0.2, 0) is 4.79 Å². The highest BCUT2D eigenvalue weighted by atomic mass is 16.4. The van der Waals surface area contributed by atoms with Gasteiger partial charge in [-0.1, -0.05) is 0 Å². The van der Waals surface area contributed by atoms with Crippen LogP contribution in [0.15, 0.2) is 0 Å². The third-order valence-electron chi connectivity index (χ3n) is 4.03. The van der Waals surface area contributed by atoms with Gasteiger partial charge in [0.2, 0.25) is 0 Å². The largest absolute Gasteiger partial charge is 0.481 e. The fourth-order valence-corrected chi connectivity index (χ4v) is 2.40. The molecule has 1 saturated heterocycles. The molecule has 2 amide bonds. The van der Waals surface area contributed by atoms with Crippen LogP contribution in [0.2, 0.25) is 0 Å². The number of urea groups is 1. The van der Waals surface area contributed by atoms with Crippen molar-refractivity contribution in [2.75, 3.05) is 33.3 Å². The fraction of sp³-hybridized carbons (Fsp3) is 0.846. The number of aliphatic hydroxyl groups is 1. The molecule has 0 aliphatic carbocycles. The SMILES string of the molecule is CN(CCO)C(=O)N1CCCC(C(C)(C)C(=O)O)C1. The molecule has 0 aromatic heterocycles. The Bertz CT molecular complexity index is 344. The van der Waals surface area contributed by atoms with Gasteiger partial charge in [0.1, 0.15) is 0 Å². The van der Waals surface area contributed by atoms with Gasteiger partial charge in [-0.15, -0.1) is 0 Å². The average Bonchev–Trinajstić information content (AvgIpc) is 2.38. The van der Waals surface area contributed by atoms with Crippen molar-refractivity contribution >= 4 is 12.0 Å². The van der Waals surface area contributed by atoms with E-state index < -0.39 is 11.4 Å². The van der Waals surface area contributed by atoms with Crippen molar-refractivity contribution in [2.24, 2.45) is 11.3 Å². The monoisotopic (exact) mass is 272 g/mol. The molecule has 1 rings (SSSR count). The zero-order valence-electron chi connectivity index (χ0n) is 11.9. The lowest BCUT2D eigenvalue weighted by atomic mass is 9.74. The van der Waals surface area contributed by atoms with Crippen LogP contribution in [0.25, 0.3) is 0 Å². The summed E-state index contributed by atoms with van der Waals surface area (Å²) in [6.45, 7) is 4.77. The molecule has 1 aliphatic rings. The van der Waals surface area contributed by atoms with E-state index in [0.29, 0.717) is 19.6 Å². The van der Waals surface area contributed by atoms with Crippen LogP contribution < -0.4 is 0 Å². The minimum absolute atomic E-state index is 0.0368. The van der Waals surface area contributed by atoms with E-state index in [9.17, 15) is 14.7 Å². The van der Waals surface area contributed by atoms with Crippen LogP contribution in [-0.4, -0.2) is 65.3 Å². The molecule has 0 aromatic carbocycles. The number of hydrogen-bond acceptors (Lipinski definition) is 3. The van der Waals surface area contributed by atoms with E-state index >= 15 is 0 Å². The molecule has 1 fully saturated rings. The summed E-state index contributed by atoms with van der Waals surface area (Å²) in [5.41, 5.74) is -0.825. The van der Waals surface area contributed by atoms with E-state index in [1.54, 1.807) is 25.8 Å². The molecule has 0 aromatic rings. The topological polar surface area (TPSA) is 81.1 Å². The van der Waals surface area contributed by atoms with Crippen molar-refractivity contribution in [3.8, 4) is 0 Å². The van der Waals surface area contributed by atoms with E-state index in [0.717, 1.165) is 12.8 Å². The molecule has 1 atom stereocenters. The number of likely N-dealkylation sites (tertiary alicyclic amines) is 1. The summed E-state index contributed by atoms with van der Waals surface area (Å²) in [5.74, 6) is -0.860. The number of carbonyl (C=O) groups is 2. The molecule has 0 spiro atoms. The van der Waals surface area contributed by atoms with Crippen LogP contribution in [0.4, 0.5) is 4.79 Å². The Kier molecular flexibility index (Phi) is 5.17. The van der Waals surface area contributed by atoms with Gasteiger partial charge in [-0.2, -0.15) is 0 Å². The molecule has 0 radical (unpaired) electrons. The van der Waals surface area contributed by atoms with Crippen LogP contribution in [0.5, 0.6) is 0 Å². The molecular weight excluding hydrogens is 248 g/mol. The van der Waals surface area contributed by atoms with Crippen molar-refractivity contribution in [3.63, 3.8) is 0 Å². The minimum atomic E-state index is -0.825. The van der Waals surface area contributed by atoms with Crippen molar-refractivity contribution in [1.29, 1.82) is 0 Å². The number of rotatable bonds is 4. The average molecular weight is 272 g/mol. The smallest absolute Gasteiger partial charge is 0.319 e. The standard InChI is InChI=1S/C13H24N2O4/c1-13(2,11(17)18)10-5-4-6-15(9-10)12(19)14(3)7-8-16/h10,16H,4-9H2,1-3H3,(H,17,18). The number of aliphatic carboxylic acids is 1.